The molecule has 5 heteroatoms. The standard InChI is InChI=1S/C16H16Cl2N2O/c1-19-7-5-11-6-8-20(10-15(11)19)16(21)9-12-13(17)3-2-4-14(12)18/h2-5,7H,6,8-10H2,1H3. The number of carbonyl (C=O) groups excluding carboxylic acids is 1. The number of fused-ring (bicyclic) bond motifs is 1. The molecule has 0 aliphatic carbocycles. The van der Waals surface area contributed by atoms with Crippen LogP contribution in [0, 0.1) is 0 Å². The molecule has 0 saturated carbocycles. The molecule has 1 aromatic carbocycles. The van der Waals surface area contributed by atoms with E-state index >= 15 is 0 Å². The molecule has 0 atom stereocenters. The molecule has 0 saturated heterocycles. The number of amides is 1. The lowest BCUT2D eigenvalue weighted by Crippen LogP contribution is -2.37. The summed E-state index contributed by atoms with van der Waals surface area (Å²) in [6.45, 7) is 1.40. The fraction of sp³-hybridized carbons (Fsp3) is 0.312. The van der Waals surface area contributed by atoms with Crippen molar-refractivity contribution >= 4 is 29.1 Å². The van der Waals surface area contributed by atoms with E-state index in [1.165, 1.54) is 11.3 Å². The number of hydrogen-bond acceptors (Lipinski definition) is 1. The predicted molar refractivity (Wildman–Crippen MR) is 84.7 cm³/mol. The average Bonchev–Trinajstić information content (AvgIpc) is 2.84. The summed E-state index contributed by atoms with van der Waals surface area (Å²) >= 11 is 12.3. The molecular formula is C16H16Cl2N2O. The summed E-state index contributed by atoms with van der Waals surface area (Å²) in [5.74, 6) is 0.0665. The third-order valence-electron chi connectivity index (χ3n) is 4.03. The van der Waals surface area contributed by atoms with E-state index in [-0.39, 0.29) is 12.3 Å². The maximum atomic E-state index is 12.5. The van der Waals surface area contributed by atoms with Gasteiger partial charge in [-0.25, -0.2) is 0 Å². The van der Waals surface area contributed by atoms with Crippen LogP contribution in [0.5, 0.6) is 0 Å². The van der Waals surface area contributed by atoms with Gasteiger partial charge in [-0.15, -0.1) is 0 Å². The lowest BCUT2D eigenvalue weighted by Gasteiger charge is -2.28. The molecule has 0 bridgehead atoms. The Morgan fingerprint density at radius 3 is 2.67 bits per heavy atom. The number of halogens is 2. The number of hydrogen-bond donors (Lipinski definition) is 0. The Morgan fingerprint density at radius 2 is 1.95 bits per heavy atom. The van der Waals surface area contributed by atoms with Crippen LogP contribution in [0.1, 0.15) is 16.8 Å². The van der Waals surface area contributed by atoms with E-state index in [1.54, 1.807) is 18.2 Å². The summed E-state index contributed by atoms with van der Waals surface area (Å²) in [5.41, 5.74) is 3.25. The van der Waals surface area contributed by atoms with E-state index < -0.39 is 0 Å². The number of carbonyl (C=O) groups is 1. The van der Waals surface area contributed by atoms with Gasteiger partial charge in [0.2, 0.25) is 5.91 Å². The number of aromatic nitrogens is 1. The van der Waals surface area contributed by atoms with Gasteiger partial charge in [-0.05, 0) is 35.7 Å². The highest BCUT2D eigenvalue weighted by Crippen LogP contribution is 2.26. The maximum absolute atomic E-state index is 12.5. The zero-order chi connectivity index (χ0) is 15.0. The second-order valence-corrected chi connectivity index (χ2v) is 6.16. The van der Waals surface area contributed by atoms with Gasteiger partial charge in [0.15, 0.2) is 0 Å². The topological polar surface area (TPSA) is 25.2 Å². The monoisotopic (exact) mass is 322 g/mol. The predicted octanol–water partition coefficient (Wildman–Crippen LogP) is 3.46. The van der Waals surface area contributed by atoms with Crippen LogP contribution in [0.4, 0.5) is 0 Å². The Balaban J connectivity index is 1.77. The molecule has 0 fully saturated rings. The molecule has 1 aliphatic rings. The van der Waals surface area contributed by atoms with Gasteiger partial charge in [0.1, 0.15) is 0 Å². The average molecular weight is 323 g/mol. The van der Waals surface area contributed by atoms with E-state index in [1.807, 2.05) is 18.1 Å². The van der Waals surface area contributed by atoms with Crippen molar-refractivity contribution in [3.8, 4) is 0 Å². The number of aryl methyl sites for hydroxylation is 1. The van der Waals surface area contributed by atoms with Gasteiger partial charge in [-0.2, -0.15) is 0 Å². The van der Waals surface area contributed by atoms with Crippen molar-refractivity contribution in [1.82, 2.24) is 9.47 Å². The summed E-state index contributed by atoms with van der Waals surface area (Å²) in [5, 5.41) is 1.10. The van der Waals surface area contributed by atoms with E-state index in [4.69, 9.17) is 23.2 Å². The quantitative estimate of drug-likeness (QED) is 0.831. The number of nitrogens with zero attached hydrogens (tertiary/aromatic N) is 2. The van der Waals surface area contributed by atoms with Crippen LogP contribution in [0.3, 0.4) is 0 Å². The zero-order valence-corrected chi connectivity index (χ0v) is 13.3. The van der Waals surface area contributed by atoms with Crippen LogP contribution in [0.25, 0.3) is 0 Å². The van der Waals surface area contributed by atoms with Gasteiger partial charge in [0.05, 0.1) is 13.0 Å². The smallest absolute Gasteiger partial charge is 0.227 e. The number of benzene rings is 1. The first-order chi connectivity index (χ1) is 10.1. The Labute approximate surface area is 134 Å². The Hall–Kier alpha value is -1.45. The lowest BCUT2D eigenvalue weighted by atomic mass is 10.1. The third-order valence-corrected chi connectivity index (χ3v) is 4.74. The molecule has 0 spiro atoms. The fourth-order valence-electron chi connectivity index (χ4n) is 2.75. The van der Waals surface area contributed by atoms with Crippen molar-refractivity contribution in [3.05, 3.63) is 57.3 Å². The molecule has 0 N–H and O–H groups in total. The fourth-order valence-corrected chi connectivity index (χ4v) is 3.28. The maximum Gasteiger partial charge on any atom is 0.227 e. The second kappa shape index (κ2) is 5.74. The Bertz CT molecular complexity index is 673. The summed E-state index contributed by atoms with van der Waals surface area (Å²) in [6.07, 6.45) is 3.19. The molecule has 110 valence electrons. The first-order valence-electron chi connectivity index (χ1n) is 6.90. The molecule has 21 heavy (non-hydrogen) atoms. The Morgan fingerprint density at radius 1 is 1.24 bits per heavy atom. The minimum Gasteiger partial charge on any atom is -0.353 e. The second-order valence-electron chi connectivity index (χ2n) is 5.34. The van der Waals surface area contributed by atoms with Gasteiger partial charge < -0.3 is 9.47 Å². The first kappa shape index (κ1) is 14.5. The molecule has 3 rings (SSSR count). The van der Waals surface area contributed by atoms with Crippen molar-refractivity contribution in [2.45, 2.75) is 19.4 Å². The highest BCUT2D eigenvalue weighted by atomic mass is 35.5. The summed E-state index contributed by atoms with van der Waals surface area (Å²) in [7, 11) is 2.01. The van der Waals surface area contributed by atoms with Gasteiger partial charge >= 0.3 is 0 Å². The van der Waals surface area contributed by atoms with Crippen molar-refractivity contribution in [1.29, 1.82) is 0 Å². The van der Waals surface area contributed by atoms with Crippen molar-refractivity contribution in [2.75, 3.05) is 6.54 Å². The van der Waals surface area contributed by atoms with E-state index in [9.17, 15) is 4.79 Å². The van der Waals surface area contributed by atoms with Crippen LogP contribution in [-0.2, 0) is 31.2 Å². The number of rotatable bonds is 2. The van der Waals surface area contributed by atoms with E-state index in [0.29, 0.717) is 22.2 Å². The SMILES string of the molecule is Cn1ccc2c1CN(C(=O)Cc1c(Cl)cccc1Cl)CC2. The highest BCUT2D eigenvalue weighted by molar-refractivity contribution is 6.36. The van der Waals surface area contributed by atoms with Crippen LogP contribution in [-0.4, -0.2) is 21.9 Å². The van der Waals surface area contributed by atoms with Gasteiger partial charge in [-0.1, -0.05) is 29.3 Å². The molecule has 1 amide bonds. The van der Waals surface area contributed by atoms with Crippen LogP contribution >= 0.6 is 23.2 Å². The summed E-state index contributed by atoms with van der Waals surface area (Å²) < 4.78 is 2.08. The largest absolute Gasteiger partial charge is 0.353 e. The van der Waals surface area contributed by atoms with Gasteiger partial charge in [0.25, 0.3) is 0 Å². The molecular weight excluding hydrogens is 307 g/mol. The molecule has 2 aromatic rings. The van der Waals surface area contributed by atoms with E-state index in [2.05, 4.69) is 10.6 Å². The van der Waals surface area contributed by atoms with Crippen LogP contribution < -0.4 is 0 Å². The normalized spacial score (nSPS) is 14.1. The lowest BCUT2D eigenvalue weighted by molar-refractivity contribution is -0.131. The van der Waals surface area contributed by atoms with Crippen molar-refractivity contribution < 1.29 is 4.79 Å². The minimum absolute atomic E-state index is 0.0665. The zero-order valence-electron chi connectivity index (χ0n) is 11.8. The highest BCUT2D eigenvalue weighted by Gasteiger charge is 2.23. The summed E-state index contributed by atoms with van der Waals surface area (Å²) in [6, 6.07) is 7.45. The van der Waals surface area contributed by atoms with Gasteiger partial charge in [-0.3, -0.25) is 4.79 Å². The molecule has 1 aliphatic heterocycles. The molecule has 0 radical (unpaired) electrons. The van der Waals surface area contributed by atoms with Crippen molar-refractivity contribution in [2.24, 2.45) is 7.05 Å². The van der Waals surface area contributed by atoms with Crippen LogP contribution in [0.2, 0.25) is 10.0 Å². The molecule has 2 heterocycles. The molecule has 3 nitrogen and oxygen atoms in total. The Kier molecular flexibility index (Phi) is 3.96. The third kappa shape index (κ3) is 2.81. The van der Waals surface area contributed by atoms with Crippen LogP contribution in [0.15, 0.2) is 30.5 Å². The molecule has 0 unspecified atom stereocenters. The van der Waals surface area contributed by atoms with E-state index in [0.717, 1.165) is 13.0 Å². The summed E-state index contributed by atoms with van der Waals surface area (Å²) in [4.78, 5) is 14.4. The minimum atomic E-state index is 0.0665. The van der Waals surface area contributed by atoms with Gasteiger partial charge in [0, 0.05) is 35.5 Å². The molecule has 1 aromatic heterocycles. The van der Waals surface area contributed by atoms with Crippen molar-refractivity contribution in [3.63, 3.8) is 0 Å². The first-order valence-corrected chi connectivity index (χ1v) is 7.65.